The molecular formula is C20H32O. The minimum Gasteiger partial charge on any atom is -0.389 e. The first kappa shape index (κ1) is 18.0. The SMILES string of the molecule is C=C1CCC=C(C)CCC(C(=C)CCC=C(C)C)CC1O. The summed E-state index contributed by atoms with van der Waals surface area (Å²) in [6.07, 6.45) is 11.2. The van der Waals surface area contributed by atoms with Gasteiger partial charge in [-0.05, 0) is 77.2 Å². The van der Waals surface area contributed by atoms with E-state index >= 15 is 0 Å². The number of hydrogen-bond donors (Lipinski definition) is 1. The molecule has 118 valence electrons. The van der Waals surface area contributed by atoms with Crippen LogP contribution in [0.3, 0.4) is 0 Å². The van der Waals surface area contributed by atoms with Crippen molar-refractivity contribution in [1.82, 2.24) is 0 Å². The Morgan fingerprint density at radius 2 is 2.10 bits per heavy atom. The van der Waals surface area contributed by atoms with Gasteiger partial charge in [-0.2, -0.15) is 0 Å². The minimum absolute atomic E-state index is 0.373. The Kier molecular flexibility index (Phi) is 7.74. The Balaban J connectivity index is 2.69. The monoisotopic (exact) mass is 288 g/mol. The summed E-state index contributed by atoms with van der Waals surface area (Å²) in [6, 6.07) is 0. The summed E-state index contributed by atoms with van der Waals surface area (Å²) in [5.74, 6) is 0.406. The van der Waals surface area contributed by atoms with E-state index in [9.17, 15) is 5.11 Å². The first-order valence-electron chi connectivity index (χ1n) is 8.22. The smallest absolute Gasteiger partial charge is 0.0753 e. The summed E-state index contributed by atoms with van der Waals surface area (Å²) < 4.78 is 0. The van der Waals surface area contributed by atoms with Gasteiger partial charge in [0.1, 0.15) is 0 Å². The Labute approximate surface area is 131 Å². The van der Waals surface area contributed by atoms with E-state index in [1.807, 2.05) is 0 Å². The third-order valence-corrected chi connectivity index (χ3v) is 4.42. The highest BCUT2D eigenvalue weighted by Crippen LogP contribution is 2.30. The van der Waals surface area contributed by atoms with E-state index in [4.69, 9.17) is 0 Å². The second-order valence-electron chi connectivity index (χ2n) is 6.71. The fourth-order valence-electron chi connectivity index (χ4n) is 2.85. The average Bonchev–Trinajstić information content (AvgIpc) is 2.41. The molecule has 1 rings (SSSR count). The minimum atomic E-state index is -0.373. The molecule has 21 heavy (non-hydrogen) atoms. The Morgan fingerprint density at radius 1 is 1.38 bits per heavy atom. The molecule has 0 fully saturated rings. The van der Waals surface area contributed by atoms with Crippen LogP contribution >= 0.6 is 0 Å². The van der Waals surface area contributed by atoms with Crippen LogP contribution in [0.4, 0.5) is 0 Å². The Bertz CT molecular complexity index is 421. The van der Waals surface area contributed by atoms with Crippen molar-refractivity contribution in [3.8, 4) is 0 Å². The largest absolute Gasteiger partial charge is 0.389 e. The lowest BCUT2D eigenvalue weighted by Crippen LogP contribution is -2.18. The van der Waals surface area contributed by atoms with Gasteiger partial charge in [-0.25, -0.2) is 0 Å². The summed E-state index contributed by atoms with van der Waals surface area (Å²) in [4.78, 5) is 0. The maximum atomic E-state index is 10.3. The summed E-state index contributed by atoms with van der Waals surface area (Å²) in [6.45, 7) is 14.8. The van der Waals surface area contributed by atoms with Gasteiger partial charge in [-0.15, -0.1) is 0 Å². The zero-order chi connectivity index (χ0) is 15.8. The maximum Gasteiger partial charge on any atom is 0.0753 e. The highest BCUT2D eigenvalue weighted by atomic mass is 16.3. The molecular weight excluding hydrogens is 256 g/mol. The molecule has 0 amide bonds. The first-order valence-corrected chi connectivity index (χ1v) is 8.22. The molecule has 1 N–H and O–H groups in total. The van der Waals surface area contributed by atoms with Gasteiger partial charge in [-0.1, -0.05) is 42.0 Å². The van der Waals surface area contributed by atoms with Crippen LogP contribution in [-0.2, 0) is 0 Å². The molecule has 0 aromatic carbocycles. The van der Waals surface area contributed by atoms with Crippen LogP contribution in [-0.4, -0.2) is 11.2 Å². The van der Waals surface area contributed by atoms with Gasteiger partial charge in [0.05, 0.1) is 6.10 Å². The van der Waals surface area contributed by atoms with Crippen molar-refractivity contribution in [1.29, 1.82) is 0 Å². The topological polar surface area (TPSA) is 20.2 Å². The molecule has 2 atom stereocenters. The molecule has 0 radical (unpaired) electrons. The predicted molar refractivity (Wildman–Crippen MR) is 93.3 cm³/mol. The highest BCUT2D eigenvalue weighted by Gasteiger charge is 2.19. The summed E-state index contributed by atoms with van der Waals surface area (Å²) >= 11 is 0. The fourth-order valence-corrected chi connectivity index (χ4v) is 2.85. The van der Waals surface area contributed by atoms with Gasteiger partial charge in [-0.3, -0.25) is 0 Å². The van der Waals surface area contributed by atoms with Crippen LogP contribution in [0.5, 0.6) is 0 Å². The van der Waals surface area contributed by atoms with E-state index in [0.717, 1.165) is 50.5 Å². The lowest BCUT2D eigenvalue weighted by atomic mass is 9.83. The first-order chi connectivity index (χ1) is 9.90. The molecule has 1 heteroatoms. The number of rotatable bonds is 4. The van der Waals surface area contributed by atoms with Gasteiger partial charge in [0, 0.05) is 0 Å². The number of aliphatic hydroxyl groups excluding tert-OH is 1. The molecule has 0 bridgehead atoms. The third-order valence-electron chi connectivity index (χ3n) is 4.42. The van der Waals surface area contributed by atoms with E-state index in [2.05, 4.69) is 46.1 Å². The van der Waals surface area contributed by atoms with E-state index in [0.29, 0.717) is 5.92 Å². The molecule has 0 aliphatic heterocycles. The Hall–Kier alpha value is -1.08. The van der Waals surface area contributed by atoms with Gasteiger partial charge < -0.3 is 5.11 Å². The van der Waals surface area contributed by atoms with Crippen molar-refractivity contribution in [3.63, 3.8) is 0 Å². The molecule has 1 aliphatic rings. The standard InChI is InChI=1S/C20H32O/c1-15(2)8-6-10-17(4)19-13-12-16(3)9-7-11-18(5)20(21)14-19/h8-9,19-21H,4-7,10-14H2,1-3H3. The van der Waals surface area contributed by atoms with Crippen LogP contribution in [0.1, 0.15) is 65.7 Å². The maximum absolute atomic E-state index is 10.3. The second kappa shape index (κ2) is 9.04. The van der Waals surface area contributed by atoms with Crippen LogP contribution in [0.25, 0.3) is 0 Å². The van der Waals surface area contributed by atoms with E-state index in [1.165, 1.54) is 16.7 Å². The molecule has 0 heterocycles. The van der Waals surface area contributed by atoms with Crippen molar-refractivity contribution in [2.75, 3.05) is 0 Å². The number of hydrogen-bond acceptors (Lipinski definition) is 1. The average molecular weight is 288 g/mol. The molecule has 0 saturated carbocycles. The Morgan fingerprint density at radius 3 is 2.76 bits per heavy atom. The van der Waals surface area contributed by atoms with Crippen molar-refractivity contribution < 1.29 is 5.11 Å². The summed E-state index contributed by atoms with van der Waals surface area (Å²) in [5.41, 5.74) is 5.08. The lowest BCUT2D eigenvalue weighted by Gasteiger charge is -2.25. The van der Waals surface area contributed by atoms with E-state index < -0.39 is 0 Å². The summed E-state index contributed by atoms with van der Waals surface area (Å²) in [5, 5.41) is 10.3. The zero-order valence-electron chi connectivity index (χ0n) is 14.1. The van der Waals surface area contributed by atoms with Crippen LogP contribution < -0.4 is 0 Å². The van der Waals surface area contributed by atoms with Crippen LogP contribution in [0.15, 0.2) is 47.6 Å². The van der Waals surface area contributed by atoms with E-state index in [1.54, 1.807) is 0 Å². The second-order valence-corrected chi connectivity index (χ2v) is 6.71. The molecule has 0 saturated heterocycles. The van der Waals surface area contributed by atoms with Crippen molar-refractivity contribution in [2.45, 2.75) is 71.8 Å². The number of allylic oxidation sites excluding steroid dienone is 5. The fraction of sp³-hybridized carbons (Fsp3) is 0.600. The molecule has 2 unspecified atom stereocenters. The van der Waals surface area contributed by atoms with Crippen LogP contribution in [0, 0.1) is 5.92 Å². The predicted octanol–water partition coefficient (Wildman–Crippen LogP) is 5.73. The van der Waals surface area contributed by atoms with Crippen molar-refractivity contribution in [2.24, 2.45) is 5.92 Å². The zero-order valence-corrected chi connectivity index (χ0v) is 14.1. The normalized spacial score (nSPS) is 24.2. The molecule has 0 aromatic heterocycles. The molecule has 1 nitrogen and oxygen atoms in total. The van der Waals surface area contributed by atoms with Crippen LogP contribution in [0.2, 0.25) is 0 Å². The molecule has 0 aromatic rings. The van der Waals surface area contributed by atoms with Gasteiger partial charge in [0.25, 0.3) is 0 Å². The van der Waals surface area contributed by atoms with Crippen molar-refractivity contribution in [3.05, 3.63) is 47.6 Å². The van der Waals surface area contributed by atoms with Gasteiger partial charge in [0.15, 0.2) is 0 Å². The molecule has 1 aliphatic carbocycles. The number of aliphatic hydroxyl groups is 1. The highest BCUT2D eigenvalue weighted by molar-refractivity contribution is 5.12. The van der Waals surface area contributed by atoms with Gasteiger partial charge in [0.2, 0.25) is 0 Å². The van der Waals surface area contributed by atoms with E-state index in [-0.39, 0.29) is 6.10 Å². The molecule has 0 spiro atoms. The third kappa shape index (κ3) is 6.95. The van der Waals surface area contributed by atoms with Crippen molar-refractivity contribution >= 4 is 0 Å². The van der Waals surface area contributed by atoms with Gasteiger partial charge >= 0.3 is 0 Å². The lowest BCUT2D eigenvalue weighted by molar-refractivity contribution is 0.176. The quantitative estimate of drug-likeness (QED) is 0.655. The summed E-state index contributed by atoms with van der Waals surface area (Å²) in [7, 11) is 0.